The average molecular weight is 268 g/mol. The predicted octanol–water partition coefficient (Wildman–Crippen LogP) is 2.44. The molecule has 0 aliphatic carbocycles. The van der Waals surface area contributed by atoms with Crippen LogP contribution in [0.2, 0.25) is 5.02 Å². The Kier molecular flexibility index (Phi) is 3.61. The highest BCUT2D eigenvalue weighted by atomic mass is 35.5. The van der Waals surface area contributed by atoms with Crippen LogP contribution in [0.1, 0.15) is 10.9 Å². The van der Waals surface area contributed by atoms with Crippen LogP contribution in [0.3, 0.4) is 0 Å². The minimum absolute atomic E-state index is 0.450. The number of anilines is 1. The van der Waals surface area contributed by atoms with Crippen LogP contribution >= 0.6 is 22.9 Å². The molecule has 1 amide bonds. The molecule has 0 aliphatic heterocycles. The minimum Gasteiger partial charge on any atom is -0.369 e. The van der Waals surface area contributed by atoms with Crippen molar-refractivity contribution in [3.05, 3.63) is 45.9 Å². The van der Waals surface area contributed by atoms with Gasteiger partial charge in [-0.05, 0) is 18.2 Å². The number of nitrogens with zero attached hydrogens (tertiary/aromatic N) is 1. The van der Waals surface area contributed by atoms with Crippen LogP contribution in [0, 0.1) is 0 Å². The fourth-order valence-corrected chi connectivity index (χ4v) is 2.26. The third kappa shape index (κ3) is 2.95. The van der Waals surface area contributed by atoms with E-state index in [4.69, 9.17) is 17.3 Å². The summed E-state index contributed by atoms with van der Waals surface area (Å²) >= 11 is 7.24. The van der Waals surface area contributed by atoms with Gasteiger partial charge in [-0.15, -0.1) is 11.3 Å². The molecule has 0 radical (unpaired) electrons. The van der Waals surface area contributed by atoms with Gasteiger partial charge in [0.05, 0.1) is 10.4 Å². The van der Waals surface area contributed by atoms with E-state index in [1.165, 1.54) is 11.3 Å². The monoisotopic (exact) mass is 267 g/mol. The van der Waals surface area contributed by atoms with Gasteiger partial charge in [-0.1, -0.05) is 17.7 Å². The maximum atomic E-state index is 11.4. The van der Waals surface area contributed by atoms with E-state index < -0.39 is 11.9 Å². The van der Waals surface area contributed by atoms with Crippen LogP contribution in [0.5, 0.6) is 0 Å². The van der Waals surface area contributed by atoms with Gasteiger partial charge in [0.1, 0.15) is 6.04 Å². The molecule has 0 fully saturated rings. The van der Waals surface area contributed by atoms with E-state index in [2.05, 4.69) is 10.3 Å². The SMILES string of the molecule is NC(=O)C(Nc1cccc(Cl)c1)c1cncs1. The summed E-state index contributed by atoms with van der Waals surface area (Å²) in [4.78, 5) is 16.1. The zero-order valence-corrected chi connectivity index (χ0v) is 10.3. The molecule has 4 nitrogen and oxygen atoms in total. The van der Waals surface area contributed by atoms with E-state index in [1.54, 1.807) is 29.9 Å². The molecule has 0 spiro atoms. The number of nitrogens with two attached hydrogens (primary N) is 1. The van der Waals surface area contributed by atoms with Gasteiger partial charge in [0.15, 0.2) is 0 Å². The van der Waals surface area contributed by atoms with Crippen molar-refractivity contribution in [2.24, 2.45) is 5.73 Å². The molecule has 1 heterocycles. The smallest absolute Gasteiger partial charge is 0.245 e. The summed E-state index contributed by atoms with van der Waals surface area (Å²) in [6.45, 7) is 0. The number of nitrogens with one attached hydrogen (secondary N) is 1. The first-order valence-corrected chi connectivity index (χ1v) is 6.12. The van der Waals surface area contributed by atoms with E-state index in [0.717, 1.165) is 10.6 Å². The lowest BCUT2D eigenvalue weighted by Gasteiger charge is -2.14. The molecule has 0 aliphatic rings. The Labute approximate surface area is 107 Å². The van der Waals surface area contributed by atoms with Crippen LogP contribution in [0.25, 0.3) is 0 Å². The minimum atomic E-state index is -0.582. The number of aromatic nitrogens is 1. The summed E-state index contributed by atoms with van der Waals surface area (Å²) in [5.41, 5.74) is 7.76. The first-order valence-electron chi connectivity index (χ1n) is 4.86. The molecule has 6 heteroatoms. The van der Waals surface area contributed by atoms with E-state index in [0.29, 0.717) is 5.02 Å². The fourth-order valence-electron chi connectivity index (χ4n) is 1.40. The van der Waals surface area contributed by atoms with Crippen molar-refractivity contribution in [3.8, 4) is 0 Å². The molecule has 1 aromatic carbocycles. The summed E-state index contributed by atoms with van der Waals surface area (Å²) < 4.78 is 0. The first-order chi connectivity index (χ1) is 8.16. The lowest BCUT2D eigenvalue weighted by molar-refractivity contribution is -0.118. The largest absolute Gasteiger partial charge is 0.369 e. The molecular weight excluding hydrogens is 258 g/mol. The van der Waals surface area contributed by atoms with Crippen molar-refractivity contribution in [2.45, 2.75) is 6.04 Å². The zero-order chi connectivity index (χ0) is 12.3. The van der Waals surface area contributed by atoms with E-state index >= 15 is 0 Å². The molecule has 1 atom stereocenters. The summed E-state index contributed by atoms with van der Waals surface area (Å²) in [5, 5.41) is 3.63. The molecule has 2 rings (SSSR count). The van der Waals surface area contributed by atoms with Gasteiger partial charge < -0.3 is 11.1 Å². The summed E-state index contributed by atoms with van der Waals surface area (Å²) in [6, 6.07) is 6.54. The number of carbonyl (C=O) groups is 1. The van der Waals surface area contributed by atoms with Crippen LogP contribution < -0.4 is 11.1 Å². The van der Waals surface area contributed by atoms with Crippen molar-refractivity contribution in [3.63, 3.8) is 0 Å². The van der Waals surface area contributed by atoms with Crippen molar-refractivity contribution < 1.29 is 4.79 Å². The maximum absolute atomic E-state index is 11.4. The molecule has 3 N–H and O–H groups in total. The van der Waals surface area contributed by atoms with Gasteiger partial charge >= 0.3 is 0 Å². The van der Waals surface area contributed by atoms with E-state index in [1.807, 2.05) is 6.07 Å². The number of hydrogen-bond acceptors (Lipinski definition) is 4. The Morgan fingerprint density at radius 1 is 1.53 bits per heavy atom. The topological polar surface area (TPSA) is 68.0 Å². The number of hydrogen-bond donors (Lipinski definition) is 2. The standard InChI is InChI=1S/C11H10ClN3OS/c12-7-2-1-3-8(4-7)15-10(11(13)16)9-5-14-6-17-9/h1-6,10,15H,(H2,13,16). The van der Waals surface area contributed by atoms with Crippen molar-refractivity contribution >= 4 is 34.5 Å². The third-order valence-electron chi connectivity index (χ3n) is 2.16. The maximum Gasteiger partial charge on any atom is 0.245 e. The molecule has 2 aromatic rings. The van der Waals surface area contributed by atoms with Gasteiger partial charge in [-0.25, -0.2) is 0 Å². The van der Waals surface area contributed by atoms with Gasteiger partial charge in [0, 0.05) is 16.9 Å². The number of amides is 1. The molecule has 0 bridgehead atoms. The van der Waals surface area contributed by atoms with Crippen LogP contribution in [0.4, 0.5) is 5.69 Å². The number of rotatable bonds is 4. The fraction of sp³-hybridized carbons (Fsp3) is 0.0909. The zero-order valence-electron chi connectivity index (χ0n) is 8.76. The summed E-state index contributed by atoms with van der Waals surface area (Å²) in [5.74, 6) is -0.450. The second-order valence-electron chi connectivity index (χ2n) is 3.39. The molecular formula is C11H10ClN3OS. The lowest BCUT2D eigenvalue weighted by Crippen LogP contribution is -2.27. The highest BCUT2D eigenvalue weighted by Gasteiger charge is 2.19. The molecule has 0 saturated carbocycles. The number of primary amides is 1. The average Bonchev–Trinajstić information content (AvgIpc) is 2.78. The Balaban J connectivity index is 2.22. The number of thiazole rings is 1. The Hall–Kier alpha value is -1.59. The normalized spacial score (nSPS) is 12.1. The van der Waals surface area contributed by atoms with E-state index in [9.17, 15) is 4.79 Å². The number of halogens is 1. The molecule has 88 valence electrons. The molecule has 0 saturated heterocycles. The van der Waals surface area contributed by atoms with Crippen molar-refractivity contribution in [2.75, 3.05) is 5.32 Å². The van der Waals surface area contributed by atoms with Crippen LogP contribution in [0.15, 0.2) is 36.0 Å². The molecule has 1 aromatic heterocycles. The van der Waals surface area contributed by atoms with Crippen LogP contribution in [-0.2, 0) is 4.79 Å². The predicted molar refractivity (Wildman–Crippen MR) is 69.1 cm³/mol. The second-order valence-corrected chi connectivity index (χ2v) is 4.75. The Morgan fingerprint density at radius 3 is 2.94 bits per heavy atom. The van der Waals surface area contributed by atoms with Gasteiger partial charge in [0.2, 0.25) is 5.91 Å². The van der Waals surface area contributed by atoms with Crippen molar-refractivity contribution in [1.82, 2.24) is 4.98 Å². The second kappa shape index (κ2) is 5.16. The molecule has 17 heavy (non-hydrogen) atoms. The highest BCUT2D eigenvalue weighted by molar-refractivity contribution is 7.09. The van der Waals surface area contributed by atoms with Gasteiger partial charge in [0.25, 0.3) is 0 Å². The van der Waals surface area contributed by atoms with Gasteiger partial charge in [-0.3, -0.25) is 9.78 Å². The quantitative estimate of drug-likeness (QED) is 0.894. The van der Waals surface area contributed by atoms with Crippen molar-refractivity contribution in [1.29, 1.82) is 0 Å². The number of benzene rings is 1. The third-order valence-corrected chi connectivity index (χ3v) is 3.23. The summed E-state index contributed by atoms with van der Waals surface area (Å²) in [7, 11) is 0. The highest BCUT2D eigenvalue weighted by Crippen LogP contribution is 2.23. The van der Waals surface area contributed by atoms with Gasteiger partial charge in [-0.2, -0.15) is 0 Å². The van der Waals surface area contributed by atoms with Crippen LogP contribution in [-0.4, -0.2) is 10.9 Å². The summed E-state index contributed by atoms with van der Waals surface area (Å²) in [6.07, 6.45) is 1.62. The lowest BCUT2D eigenvalue weighted by atomic mass is 10.2. The van der Waals surface area contributed by atoms with E-state index in [-0.39, 0.29) is 0 Å². The Morgan fingerprint density at radius 2 is 2.35 bits per heavy atom. The molecule has 1 unspecified atom stereocenters. The number of carbonyl (C=O) groups excluding carboxylic acids is 1. The Bertz CT molecular complexity index is 515. The first kappa shape index (κ1) is 11.9.